The first-order valence-corrected chi connectivity index (χ1v) is 11.6. The summed E-state index contributed by atoms with van der Waals surface area (Å²) in [5.41, 5.74) is 1.34. The number of carboxylic acid groups (broad SMARTS) is 3. The summed E-state index contributed by atoms with van der Waals surface area (Å²) in [6, 6.07) is 5.94. The van der Waals surface area contributed by atoms with Crippen LogP contribution in [0.5, 0.6) is 11.5 Å². The Hall–Kier alpha value is -3.98. The second kappa shape index (κ2) is 13.5. The summed E-state index contributed by atoms with van der Waals surface area (Å²) < 4.78 is 41.9. The maximum atomic E-state index is 12.6. The molecule has 206 valence electrons. The summed E-state index contributed by atoms with van der Waals surface area (Å²) in [7, 11) is 0. The van der Waals surface area contributed by atoms with Gasteiger partial charge >= 0.3 is 24.1 Å². The number of aliphatic carboxylic acids is 3. The van der Waals surface area contributed by atoms with Crippen LogP contribution in [0.4, 0.5) is 13.2 Å². The van der Waals surface area contributed by atoms with E-state index in [1.807, 2.05) is 6.07 Å². The Morgan fingerprint density at radius 3 is 2.03 bits per heavy atom. The fraction of sp³-hybridized carbons (Fsp3) is 0.348. The first kappa shape index (κ1) is 30.2. The zero-order chi connectivity index (χ0) is 28.5. The molecule has 15 heteroatoms. The topological polar surface area (TPSA) is 177 Å². The van der Waals surface area contributed by atoms with Crippen LogP contribution in [0.3, 0.4) is 0 Å². The van der Waals surface area contributed by atoms with E-state index < -0.39 is 37.3 Å². The van der Waals surface area contributed by atoms with E-state index >= 15 is 0 Å². The van der Waals surface area contributed by atoms with E-state index in [2.05, 4.69) is 5.32 Å². The molecule has 0 saturated carbocycles. The van der Waals surface area contributed by atoms with E-state index in [0.29, 0.717) is 4.88 Å². The van der Waals surface area contributed by atoms with Gasteiger partial charge in [-0.15, -0.1) is 11.3 Å². The van der Waals surface area contributed by atoms with E-state index in [1.165, 1.54) is 34.4 Å². The molecule has 2 aromatic rings. The highest BCUT2D eigenvalue weighted by molar-refractivity contribution is 7.14. The molecule has 2 heterocycles. The van der Waals surface area contributed by atoms with E-state index in [-0.39, 0.29) is 41.5 Å². The van der Waals surface area contributed by atoms with E-state index in [9.17, 15) is 32.3 Å². The molecule has 1 aromatic heterocycles. The third kappa shape index (κ3) is 9.48. The molecule has 1 aromatic carbocycles. The average molecular weight is 561 g/mol. The number of alkyl halides is 3. The number of ketones is 2. The Labute approximate surface area is 216 Å². The summed E-state index contributed by atoms with van der Waals surface area (Å²) in [4.78, 5) is 57.3. The third-order valence-electron chi connectivity index (χ3n) is 4.81. The number of ether oxygens (including phenoxy) is 2. The smallest absolute Gasteiger partial charge is 0.479 e. The minimum absolute atomic E-state index is 0.00838. The number of carbonyl (C=O) groups excluding carboxylic acids is 2. The number of Topliss-reactive ketones (excluding diaryl/α,β-unsaturated/α-hetero) is 2. The minimum Gasteiger partial charge on any atom is -0.479 e. The van der Waals surface area contributed by atoms with Crippen LogP contribution in [-0.4, -0.2) is 70.7 Å². The summed E-state index contributed by atoms with van der Waals surface area (Å²) in [6.45, 7) is 0.300. The van der Waals surface area contributed by atoms with Crippen molar-refractivity contribution in [3.63, 3.8) is 0 Å². The first-order valence-electron chi connectivity index (χ1n) is 10.8. The molecule has 0 aliphatic carbocycles. The molecule has 11 nitrogen and oxygen atoms in total. The number of rotatable bonds is 11. The number of hydrogen-bond acceptors (Lipinski definition) is 9. The lowest BCUT2D eigenvalue weighted by Gasteiger charge is -2.12. The van der Waals surface area contributed by atoms with Crippen LogP contribution in [0.15, 0.2) is 24.3 Å². The van der Waals surface area contributed by atoms with Crippen molar-refractivity contribution in [3.05, 3.63) is 45.1 Å². The molecule has 0 radical (unpaired) electrons. The van der Waals surface area contributed by atoms with Crippen LogP contribution in [0, 0.1) is 0 Å². The lowest BCUT2D eigenvalue weighted by atomic mass is 10.0. The molecule has 1 aliphatic rings. The van der Waals surface area contributed by atoms with Gasteiger partial charge in [0.15, 0.2) is 36.3 Å². The van der Waals surface area contributed by atoms with E-state index in [1.54, 1.807) is 0 Å². The molecule has 0 saturated heterocycles. The number of carboxylic acids is 3. The quantitative estimate of drug-likeness (QED) is 0.297. The lowest BCUT2D eigenvalue weighted by molar-refractivity contribution is -0.192. The fourth-order valence-electron chi connectivity index (χ4n) is 3.08. The first-order chi connectivity index (χ1) is 17.8. The van der Waals surface area contributed by atoms with Gasteiger partial charge in [-0.1, -0.05) is 0 Å². The third-order valence-corrected chi connectivity index (χ3v) is 6.08. The largest absolute Gasteiger partial charge is 0.490 e. The zero-order valence-corrected chi connectivity index (χ0v) is 20.3. The second-order valence-corrected chi connectivity index (χ2v) is 8.80. The molecule has 4 N–H and O–H groups in total. The van der Waals surface area contributed by atoms with Crippen molar-refractivity contribution in [3.8, 4) is 11.5 Å². The van der Waals surface area contributed by atoms with Crippen LogP contribution >= 0.6 is 11.3 Å². The van der Waals surface area contributed by atoms with Crippen molar-refractivity contribution in [2.75, 3.05) is 19.8 Å². The summed E-state index contributed by atoms with van der Waals surface area (Å²) in [6.07, 6.45) is -4.16. The molecule has 0 atom stereocenters. The second-order valence-electron chi connectivity index (χ2n) is 7.66. The van der Waals surface area contributed by atoms with Gasteiger partial charge in [0, 0.05) is 36.4 Å². The molecular formula is C23H22F3NO10S. The van der Waals surface area contributed by atoms with Crippen molar-refractivity contribution in [1.82, 2.24) is 5.32 Å². The number of carbonyl (C=O) groups is 5. The van der Waals surface area contributed by atoms with Gasteiger partial charge in [-0.3, -0.25) is 9.59 Å². The Bertz CT molecular complexity index is 1190. The molecule has 0 bridgehead atoms. The van der Waals surface area contributed by atoms with Gasteiger partial charge in [0.25, 0.3) is 0 Å². The van der Waals surface area contributed by atoms with Gasteiger partial charge in [0.05, 0.1) is 4.88 Å². The van der Waals surface area contributed by atoms with Crippen molar-refractivity contribution >= 4 is 40.8 Å². The highest BCUT2D eigenvalue weighted by atomic mass is 32.1. The van der Waals surface area contributed by atoms with Gasteiger partial charge < -0.3 is 30.1 Å². The molecule has 0 amide bonds. The maximum absolute atomic E-state index is 12.6. The van der Waals surface area contributed by atoms with Gasteiger partial charge in [0.2, 0.25) is 0 Å². The van der Waals surface area contributed by atoms with E-state index in [0.717, 1.165) is 25.1 Å². The number of hydrogen-bond donors (Lipinski definition) is 4. The highest BCUT2D eigenvalue weighted by Gasteiger charge is 2.38. The molecule has 38 heavy (non-hydrogen) atoms. The predicted molar refractivity (Wildman–Crippen MR) is 124 cm³/mol. The molecule has 0 fully saturated rings. The molecule has 1 aliphatic heterocycles. The Balaban J connectivity index is 0.000000638. The van der Waals surface area contributed by atoms with Crippen LogP contribution in [0.25, 0.3) is 0 Å². The maximum Gasteiger partial charge on any atom is 0.490 e. The Kier molecular flexibility index (Phi) is 10.8. The highest BCUT2D eigenvalue weighted by Crippen LogP contribution is 2.30. The monoisotopic (exact) mass is 561 g/mol. The van der Waals surface area contributed by atoms with Gasteiger partial charge in [0.1, 0.15) is 0 Å². The van der Waals surface area contributed by atoms with Gasteiger partial charge in [-0.2, -0.15) is 13.2 Å². The van der Waals surface area contributed by atoms with Gasteiger partial charge in [-0.25, -0.2) is 14.4 Å². The molecule has 0 unspecified atom stereocenters. The van der Waals surface area contributed by atoms with E-state index in [4.69, 9.17) is 29.6 Å². The Morgan fingerprint density at radius 2 is 1.47 bits per heavy atom. The number of nitrogens with one attached hydrogen (secondary N) is 1. The summed E-state index contributed by atoms with van der Waals surface area (Å²) in [5, 5.41) is 27.9. The molecule has 3 rings (SSSR count). The van der Waals surface area contributed by atoms with Crippen molar-refractivity contribution in [1.29, 1.82) is 0 Å². The fourth-order valence-corrected chi connectivity index (χ4v) is 4.23. The number of fused-ring (bicyclic) bond motifs is 1. The van der Waals surface area contributed by atoms with Crippen LogP contribution in [0.2, 0.25) is 0 Å². The number of halogens is 3. The van der Waals surface area contributed by atoms with Crippen molar-refractivity contribution < 1.29 is 61.9 Å². The number of thiophene rings is 1. The van der Waals surface area contributed by atoms with Crippen molar-refractivity contribution in [2.45, 2.75) is 32.0 Å². The Morgan fingerprint density at radius 1 is 0.895 bits per heavy atom. The van der Waals surface area contributed by atoms with Crippen LogP contribution in [0.1, 0.15) is 43.3 Å². The standard InChI is InChI=1S/C21H21NO8S.C2HF3O2/c23-14(2-3-15(24)19-8-13-9-22-6-5-18(13)31-19)12-1-4-16(29-10-20(25)26)17(7-12)30-11-21(27)28;3-2(4,5)1(6)7/h1,4,7-8,22H,2-3,5-6,9-11H2,(H,25,26)(H,27,28);(H,6,7). The number of benzene rings is 1. The molecular weight excluding hydrogens is 539 g/mol. The van der Waals surface area contributed by atoms with Gasteiger partial charge in [-0.05, 0) is 36.2 Å². The summed E-state index contributed by atoms with van der Waals surface area (Å²) >= 11 is 1.47. The average Bonchev–Trinajstić information content (AvgIpc) is 3.29. The SMILES string of the molecule is O=C(O)C(F)(F)F.O=C(O)COc1ccc(C(=O)CCC(=O)c2cc3c(s2)CCNC3)cc1OCC(=O)O. The zero-order valence-electron chi connectivity index (χ0n) is 19.5. The van der Waals surface area contributed by atoms with Crippen LogP contribution < -0.4 is 14.8 Å². The van der Waals surface area contributed by atoms with Crippen molar-refractivity contribution in [2.24, 2.45) is 0 Å². The molecule has 0 spiro atoms. The summed E-state index contributed by atoms with van der Waals surface area (Å²) in [5.74, 6) is -5.67. The lowest BCUT2D eigenvalue weighted by Crippen LogP contribution is -2.21. The predicted octanol–water partition coefficient (Wildman–Crippen LogP) is 2.80. The van der Waals surface area contributed by atoms with Crippen LogP contribution in [-0.2, 0) is 27.3 Å². The normalized spacial score (nSPS) is 12.4. The minimum atomic E-state index is -5.08.